The molecule has 0 aromatic heterocycles. The Labute approximate surface area is 172 Å². The van der Waals surface area contributed by atoms with E-state index >= 15 is 0 Å². The Kier molecular flexibility index (Phi) is 24.1. The molecule has 0 aliphatic carbocycles. The maximum atomic E-state index is 4.25. The van der Waals surface area contributed by atoms with Crippen LogP contribution in [-0.4, -0.2) is 53.3 Å². The van der Waals surface area contributed by atoms with E-state index < -0.39 is 6.42 Å². The van der Waals surface area contributed by atoms with E-state index in [0.717, 1.165) is 0 Å². The van der Waals surface area contributed by atoms with Crippen LogP contribution < -0.4 is 0 Å². The minimum atomic E-state index is -1.30. The summed E-state index contributed by atoms with van der Waals surface area (Å²) in [4.78, 5) is 0. The van der Waals surface area contributed by atoms with Crippen LogP contribution in [0.25, 0.3) is 0 Å². The smallest absolute Gasteiger partial charge is 0.153 e. The Hall–Kier alpha value is 3.37. The summed E-state index contributed by atoms with van der Waals surface area (Å²) in [5.41, 5.74) is 0. The van der Waals surface area contributed by atoms with E-state index in [1.54, 1.807) is 0 Å². The average Bonchev–Trinajstić information content (AvgIpc) is 3.10. The van der Waals surface area contributed by atoms with Crippen molar-refractivity contribution >= 4 is 81.3 Å². The molecule has 0 radical (unpaired) electrons. The molecule has 6 unspecified atom stereocenters. The summed E-state index contributed by atoms with van der Waals surface area (Å²) in [5.74, 6) is 0. The summed E-state index contributed by atoms with van der Waals surface area (Å²) in [6.07, 6.45) is 7.09. The molecule has 0 aromatic carbocycles. The van der Waals surface area contributed by atoms with Gasteiger partial charge in [0, 0.05) is 39.3 Å². The first-order valence-electron chi connectivity index (χ1n) is 7.17. The summed E-state index contributed by atoms with van der Waals surface area (Å²) < 4.78 is 8.34. The van der Waals surface area contributed by atoms with Gasteiger partial charge in [-0.3, -0.25) is 0 Å². The van der Waals surface area contributed by atoms with Crippen molar-refractivity contribution in [2.24, 2.45) is 0 Å². The molecule has 3 saturated heterocycles. The number of rotatable bonds is 3. The molecular weight excluding hydrogens is 483 g/mol. The van der Waals surface area contributed by atoms with Gasteiger partial charge in [-0.05, 0) is 38.5 Å². The highest BCUT2D eigenvalue weighted by Gasteiger charge is 2.57. The lowest BCUT2D eigenvalue weighted by Gasteiger charge is -2.38. The molecule has 146 valence electrons. The van der Waals surface area contributed by atoms with Crippen molar-refractivity contribution in [1.29, 1.82) is 0 Å². The van der Waals surface area contributed by atoms with Crippen LogP contribution in [-0.2, 0) is 0 Å². The zero-order valence-electron chi connectivity index (χ0n) is 14.9. The minimum Gasteiger partial charge on any atom is -0.153 e. The first-order valence-corrected chi connectivity index (χ1v) is 10.8. The van der Waals surface area contributed by atoms with E-state index in [1.165, 1.54) is 77.8 Å². The summed E-state index contributed by atoms with van der Waals surface area (Å²) in [5, 5.41) is 0. The fourth-order valence-electron chi connectivity index (χ4n) is 3.40. The lowest BCUT2D eigenvalue weighted by atomic mass is 10.4. The van der Waals surface area contributed by atoms with Gasteiger partial charge in [0.2, 0.25) is 15.5 Å². The molecule has 3 heterocycles. The Balaban J connectivity index is -0.000000301. The molecule has 3 rings (SSSR count). The molecule has 11 heteroatoms. The highest BCUT2D eigenvalue weighted by molar-refractivity contribution is 9.41. The van der Waals surface area contributed by atoms with Gasteiger partial charge in [-0.1, -0.05) is 0 Å². The van der Waals surface area contributed by atoms with E-state index in [1.807, 2.05) is 0 Å². The standard InChI is InChI=1S/C12H24BrN3P.6H3P/c13-17(14-7-1-2-8-14,15-9-3-4-10-15)16-11-5-6-12-16;;;;;;/h1-12H2;6*1H3/q+1;;;;;;. The highest BCUT2D eigenvalue weighted by atomic mass is 79.9. The fraction of sp³-hybridized carbons (Fsp3) is 1.00. The van der Waals surface area contributed by atoms with Crippen molar-refractivity contribution in [2.75, 3.05) is 39.3 Å². The predicted molar refractivity (Wildman–Crippen MR) is 145 cm³/mol. The van der Waals surface area contributed by atoms with Crippen LogP contribution in [0.5, 0.6) is 0 Å². The zero-order chi connectivity index (χ0) is 11.7. The second-order valence-electron chi connectivity index (χ2n) is 5.48. The molecule has 0 bridgehead atoms. The number of hydrogen-bond donors (Lipinski definition) is 0. The molecule has 23 heavy (non-hydrogen) atoms. The first-order chi connectivity index (χ1) is 8.32. The molecule has 0 spiro atoms. The lowest BCUT2D eigenvalue weighted by molar-refractivity contribution is 0.392. The third-order valence-corrected chi connectivity index (χ3v) is 11.7. The molecule has 0 saturated carbocycles. The fourth-order valence-corrected chi connectivity index (χ4v) is 9.70. The van der Waals surface area contributed by atoms with Crippen molar-refractivity contribution in [3.63, 3.8) is 0 Å². The zero-order valence-corrected chi connectivity index (χ0v) is 25.9. The molecular formula is C12H42BrN3P7+. The van der Waals surface area contributed by atoms with Gasteiger partial charge < -0.3 is 0 Å². The van der Waals surface area contributed by atoms with E-state index in [-0.39, 0.29) is 59.4 Å². The van der Waals surface area contributed by atoms with Crippen LogP contribution in [0.15, 0.2) is 0 Å². The largest absolute Gasteiger partial charge is 0.299 e. The Morgan fingerprint density at radius 3 is 0.783 bits per heavy atom. The molecule has 6 atom stereocenters. The van der Waals surface area contributed by atoms with Gasteiger partial charge in [-0.2, -0.15) is 59.4 Å². The van der Waals surface area contributed by atoms with Crippen LogP contribution in [0.4, 0.5) is 0 Å². The summed E-state index contributed by atoms with van der Waals surface area (Å²) in [6.45, 7) is 7.87. The van der Waals surface area contributed by atoms with Crippen LogP contribution >= 0.6 is 81.3 Å². The van der Waals surface area contributed by atoms with Gasteiger partial charge >= 0.3 is 0 Å². The molecule has 0 aromatic rings. The third kappa shape index (κ3) is 7.72. The van der Waals surface area contributed by atoms with E-state index in [2.05, 4.69) is 29.5 Å². The van der Waals surface area contributed by atoms with Crippen molar-refractivity contribution in [3.05, 3.63) is 0 Å². The Morgan fingerprint density at radius 2 is 0.609 bits per heavy atom. The third-order valence-electron chi connectivity index (χ3n) is 4.33. The maximum Gasteiger partial charge on any atom is 0.299 e. The molecule has 3 aliphatic heterocycles. The molecule has 0 N–H and O–H groups in total. The van der Waals surface area contributed by atoms with E-state index in [9.17, 15) is 0 Å². The normalized spacial score (nSPS) is 21.8. The predicted octanol–water partition coefficient (Wildman–Crippen LogP) is 3.69. The first kappa shape index (κ1) is 33.9. The number of nitrogens with zero attached hydrogens (tertiary/aromatic N) is 3. The van der Waals surface area contributed by atoms with Crippen LogP contribution in [0.2, 0.25) is 0 Å². The van der Waals surface area contributed by atoms with Gasteiger partial charge in [0.05, 0.1) is 0 Å². The quantitative estimate of drug-likeness (QED) is 0.521. The van der Waals surface area contributed by atoms with Crippen LogP contribution in [0, 0.1) is 0 Å². The van der Waals surface area contributed by atoms with Gasteiger partial charge in [0.1, 0.15) is 0 Å². The molecule has 0 amide bonds. The minimum absolute atomic E-state index is 0. The number of hydrogen-bond acceptors (Lipinski definition) is 3. The Bertz CT molecular complexity index is 233. The highest BCUT2D eigenvalue weighted by Crippen LogP contribution is 2.75. The van der Waals surface area contributed by atoms with Crippen LogP contribution in [0.1, 0.15) is 38.5 Å². The topological polar surface area (TPSA) is 9.72 Å². The summed E-state index contributed by atoms with van der Waals surface area (Å²) in [6, 6.07) is 0. The van der Waals surface area contributed by atoms with E-state index in [0.29, 0.717) is 0 Å². The van der Waals surface area contributed by atoms with Crippen LogP contribution in [0.3, 0.4) is 0 Å². The Morgan fingerprint density at radius 1 is 0.435 bits per heavy atom. The van der Waals surface area contributed by atoms with Crippen molar-refractivity contribution < 1.29 is 0 Å². The summed E-state index contributed by atoms with van der Waals surface area (Å²) >= 11 is 4.25. The number of halogens is 1. The lowest BCUT2D eigenvalue weighted by Crippen LogP contribution is -2.39. The van der Waals surface area contributed by atoms with Gasteiger partial charge in [-0.15, -0.1) is 14.0 Å². The second kappa shape index (κ2) is 16.3. The van der Waals surface area contributed by atoms with Crippen molar-refractivity contribution in [1.82, 2.24) is 14.0 Å². The van der Waals surface area contributed by atoms with Crippen molar-refractivity contribution in [3.8, 4) is 0 Å². The maximum absolute atomic E-state index is 4.25. The monoisotopic (exact) mass is 524 g/mol. The van der Waals surface area contributed by atoms with Crippen molar-refractivity contribution in [2.45, 2.75) is 38.5 Å². The molecule has 3 aliphatic rings. The summed E-state index contributed by atoms with van der Waals surface area (Å²) in [7, 11) is 0. The SMILES string of the molecule is Br[P+](N1CCCC1)(N1CCCC1)N1CCCC1.P.P.P.P.P.P. The van der Waals surface area contributed by atoms with Gasteiger partial charge in [-0.25, -0.2) is 0 Å². The van der Waals surface area contributed by atoms with E-state index in [4.69, 9.17) is 0 Å². The molecule has 3 fully saturated rings. The second-order valence-corrected chi connectivity index (χ2v) is 11.0. The van der Waals surface area contributed by atoms with Gasteiger partial charge in [0.25, 0.3) is 6.42 Å². The average molecular weight is 525 g/mol. The van der Waals surface area contributed by atoms with Gasteiger partial charge in [0.15, 0.2) is 0 Å². The molecule has 3 nitrogen and oxygen atoms in total.